The Bertz CT molecular complexity index is 1500. The van der Waals surface area contributed by atoms with Gasteiger partial charge in [0.15, 0.2) is 23.2 Å². The molecule has 1 saturated heterocycles. The fourth-order valence-electron chi connectivity index (χ4n) is 4.42. The Kier molecular flexibility index (Phi) is 8.16. The van der Waals surface area contributed by atoms with E-state index in [-0.39, 0.29) is 23.9 Å². The van der Waals surface area contributed by atoms with Crippen LogP contribution in [0.4, 0.5) is 5.82 Å². The molecule has 0 saturated carbocycles. The first kappa shape index (κ1) is 27.1. The van der Waals surface area contributed by atoms with Gasteiger partial charge in [0, 0.05) is 13.7 Å². The van der Waals surface area contributed by atoms with Gasteiger partial charge in [-0.3, -0.25) is 4.57 Å². The second-order valence-corrected chi connectivity index (χ2v) is 10.9. The van der Waals surface area contributed by atoms with Gasteiger partial charge in [-0.15, -0.1) is 0 Å². The Morgan fingerprint density at radius 3 is 2.46 bits per heavy atom. The van der Waals surface area contributed by atoms with Crippen molar-refractivity contribution < 1.29 is 28.1 Å². The van der Waals surface area contributed by atoms with Crippen molar-refractivity contribution in [1.82, 2.24) is 24.2 Å². The monoisotopic (exact) mass is 554 g/mol. The highest BCUT2D eigenvalue weighted by atomic mass is 32.2. The zero-order valence-electron chi connectivity index (χ0n) is 21.2. The number of rotatable bonds is 11. The molecule has 1 aliphatic rings. The molecule has 0 unspecified atom stereocenters. The molecular formula is C26H30N6O6S. The van der Waals surface area contributed by atoms with E-state index < -0.39 is 34.6 Å². The topological polar surface area (TPSA) is 161 Å². The van der Waals surface area contributed by atoms with E-state index >= 15 is 0 Å². The summed E-state index contributed by atoms with van der Waals surface area (Å²) >= 11 is 0. The third-order valence-electron chi connectivity index (χ3n) is 6.43. The minimum atomic E-state index is -3.80. The van der Waals surface area contributed by atoms with E-state index in [0.29, 0.717) is 23.5 Å². The van der Waals surface area contributed by atoms with Crippen LogP contribution in [0.25, 0.3) is 11.2 Å². The standard InChI is InChI=1S/C26H30N6O6S/c1-37-15-19-22(33)23(34)26(38-19)32-16-28-21-24(27-13-12-17-8-4-2-5-9-17)30-20(31-25(21)32)14-29-39(35,36)18-10-6-3-7-11-18/h2-11,16,19,22-23,26,29,33-34H,12-15H2,1H3,(H,27,30,31)/t19-,22-,23+,26-/m1/s1. The minimum Gasteiger partial charge on any atom is -0.387 e. The van der Waals surface area contributed by atoms with Crippen LogP contribution in [-0.2, 0) is 32.5 Å². The van der Waals surface area contributed by atoms with Crippen molar-refractivity contribution in [2.24, 2.45) is 0 Å². The van der Waals surface area contributed by atoms with Gasteiger partial charge in [0.1, 0.15) is 24.1 Å². The number of imidazole rings is 1. The van der Waals surface area contributed by atoms with E-state index in [0.717, 1.165) is 12.0 Å². The molecule has 4 aromatic rings. The number of aliphatic hydroxyl groups excluding tert-OH is 2. The molecule has 1 fully saturated rings. The van der Waals surface area contributed by atoms with Crippen LogP contribution in [0.3, 0.4) is 0 Å². The number of nitrogens with one attached hydrogen (secondary N) is 2. The summed E-state index contributed by atoms with van der Waals surface area (Å²) in [5.74, 6) is 0.595. The van der Waals surface area contributed by atoms with Crippen LogP contribution in [0.5, 0.6) is 0 Å². The largest absolute Gasteiger partial charge is 0.387 e. The van der Waals surface area contributed by atoms with Crippen LogP contribution in [-0.4, -0.2) is 76.7 Å². The Hall–Kier alpha value is -3.46. The van der Waals surface area contributed by atoms with Crippen molar-refractivity contribution in [1.29, 1.82) is 0 Å². The Morgan fingerprint density at radius 2 is 1.74 bits per heavy atom. The number of hydrogen-bond donors (Lipinski definition) is 4. The Morgan fingerprint density at radius 1 is 1.03 bits per heavy atom. The van der Waals surface area contributed by atoms with Crippen molar-refractivity contribution in [3.8, 4) is 0 Å². The van der Waals surface area contributed by atoms with Crippen molar-refractivity contribution in [3.05, 3.63) is 78.4 Å². The van der Waals surface area contributed by atoms with Gasteiger partial charge in [0.25, 0.3) is 0 Å². The lowest BCUT2D eigenvalue weighted by atomic mass is 10.1. The maximum atomic E-state index is 12.8. The summed E-state index contributed by atoms with van der Waals surface area (Å²) in [5, 5.41) is 24.4. The minimum absolute atomic E-state index is 0.0924. The molecule has 2 aromatic heterocycles. The number of aromatic nitrogens is 4. The maximum Gasteiger partial charge on any atom is 0.240 e. The normalized spacial score (nSPS) is 21.4. The highest BCUT2D eigenvalue weighted by Crippen LogP contribution is 2.32. The van der Waals surface area contributed by atoms with Crippen LogP contribution in [0, 0.1) is 0 Å². The first-order chi connectivity index (χ1) is 18.9. The molecule has 4 atom stereocenters. The molecule has 13 heteroatoms. The Balaban J connectivity index is 1.45. The summed E-state index contributed by atoms with van der Waals surface area (Å²) in [6.45, 7) is 0.444. The van der Waals surface area contributed by atoms with Gasteiger partial charge in [-0.25, -0.2) is 28.1 Å². The van der Waals surface area contributed by atoms with Crippen LogP contribution in [0.15, 0.2) is 71.9 Å². The zero-order valence-corrected chi connectivity index (χ0v) is 22.0. The van der Waals surface area contributed by atoms with Crippen molar-refractivity contribution in [2.45, 2.75) is 42.4 Å². The molecule has 2 aromatic carbocycles. The van der Waals surface area contributed by atoms with Crippen molar-refractivity contribution >= 4 is 27.0 Å². The molecule has 0 aliphatic carbocycles. The summed E-state index contributed by atoms with van der Waals surface area (Å²) in [6.07, 6.45) is -1.98. The van der Waals surface area contributed by atoms with Gasteiger partial charge in [-0.1, -0.05) is 48.5 Å². The number of nitrogens with zero attached hydrogens (tertiary/aromatic N) is 4. The number of ether oxygens (including phenoxy) is 2. The molecule has 1 aliphatic heterocycles. The summed E-state index contributed by atoms with van der Waals surface area (Å²) in [5.41, 5.74) is 1.87. The molecule has 39 heavy (non-hydrogen) atoms. The molecule has 5 rings (SSSR count). The van der Waals surface area contributed by atoms with Crippen molar-refractivity contribution in [3.63, 3.8) is 0 Å². The average Bonchev–Trinajstić information content (AvgIpc) is 3.49. The summed E-state index contributed by atoms with van der Waals surface area (Å²) in [4.78, 5) is 13.7. The van der Waals surface area contributed by atoms with Crippen LogP contribution in [0.1, 0.15) is 17.6 Å². The van der Waals surface area contributed by atoms with E-state index in [4.69, 9.17) is 9.47 Å². The molecule has 0 radical (unpaired) electrons. The highest BCUT2D eigenvalue weighted by molar-refractivity contribution is 7.89. The second kappa shape index (κ2) is 11.7. The number of benzene rings is 2. The maximum absolute atomic E-state index is 12.8. The van der Waals surface area contributed by atoms with Crippen LogP contribution < -0.4 is 10.0 Å². The van der Waals surface area contributed by atoms with Gasteiger partial charge in [0.2, 0.25) is 10.0 Å². The van der Waals surface area contributed by atoms with E-state index in [9.17, 15) is 18.6 Å². The molecule has 0 amide bonds. The lowest BCUT2D eigenvalue weighted by molar-refractivity contribution is -0.0580. The molecule has 4 N–H and O–H groups in total. The quantitative estimate of drug-likeness (QED) is 0.212. The zero-order chi connectivity index (χ0) is 27.4. The number of methoxy groups -OCH3 is 1. The fraction of sp³-hybridized carbons (Fsp3) is 0.346. The summed E-state index contributed by atoms with van der Waals surface area (Å²) in [7, 11) is -2.33. The SMILES string of the molecule is COC[C@H]1O[C@@H](n2cnc3c(NCCc4ccccc4)nc(CNS(=O)(=O)c4ccccc4)nc32)[C@@H](O)[C@@H]1O. The van der Waals surface area contributed by atoms with Crippen molar-refractivity contribution in [2.75, 3.05) is 25.6 Å². The van der Waals surface area contributed by atoms with Crippen LogP contribution >= 0.6 is 0 Å². The second-order valence-electron chi connectivity index (χ2n) is 9.11. The van der Waals surface area contributed by atoms with E-state index in [1.54, 1.807) is 18.2 Å². The predicted octanol–water partition coefficient (Wildman–Crippen LogP) is 1.22. The lowest BCUT2D eigenvalue weighted by Crippen LogP contribution is -2.33. The third kappa shape index (κ3) is 5.93. The first-order valence-corrected chi connectivity index (χ1v) is 13.9. The molecule has 0 spiro atoms. The van der Waals surface area contributed by atoms with Gasteiger partial charge >= 0.3 is 0 Å². The number of hydrogen-bond acceptors (Lipinski definition) is 10. The van der Waals surface area contributed by atoms with E-state index in [1.807, 2.05) is 30.3 Å². The van der Waals surface area contributed by atoms with Gasteiger partial charge < -0.3 is 25.0 Å². The lowest BCUT2D eigenvalue weighted by Gasteiger charge is -2.17. The first-order valence-electron chi connectivity index (χ1n) is 12.4. The van der Waals surface area contributed by atoms with Gasteiger partial charge in [-0.05, 0) is 24.1 Å². The number of anilines is 1. The van der Waals surface area contributed by atoms with E-state index in [1.165, 1.54) is 30.1 Å². The smallest absolute Gasteiger partial charge is 0.240 e. The predicted molar refractivity (Wildman–Crippen MR) is 142 cm³/mol. The third-order valence-corrected chi connectivity index (χ3v) is 7.85. The van der Waals surface area contributed by atoms with Gasteiger partial charge in [0.05, 0.1) is 24.4 Å². The van der Waals surface area contributed by atoms with E-state index in [2.05, 4.69) is 25.0 Å². The molecule has 12 nitrogen and oxygen atoms in total. The molecule has 3 heterocycles. The average molecular weight is 555 g/mol. The molecule has 0 bridgehead atoms. The molecule has 206 valence electrons. The fourth-order valence-corrected chi connectivity index (χ4v) is 5.42. The van der Waals surface area contributed by atoms with Crippen LogP contribution in [0.2, 0.25) is 0 Å². The number of fused-ring (bicyclic) bond motifs is 1. The van der Waals surface area contributed by atoms with Gasteiger partial charge in [-0.2, -0.15) is 0 Å². The summed E-state index contributed by atoms with van der Waals surface area (Å²) in [6, 6.07) is 17.9. The highest BCUT2D eigenvalue weighted by Gasteiger charge is 2.44. The number of sulfonamides is 1. The molecular weight excluding hydrogens is 524 g/mol. The Labute approximate surface area is 225 Å². The number of aliphatic hydroxyl groups is 2. The summed E-state index contributed by atoms with van der Waals surface area (Å²) < 4.78 is 40.6.